The van der Waals surface area contributed by atoms with Crippen molar-refractivity contribution in [2.45, 2.75) is 26.3 Å². The van der Waals surface area contributed by atoms with Gasteiger partial charge in [0.2, 0.25) is 0 Å². The van der Waals surface area contributed by atoms with Crippen LogP contribution in [-0.2, 0) is 4.74 Å². The zero-order valence-electron chi connectivity index (χ0n) is 12.6. The van der Waals surface area contributed by atoms with Crippen LogP contribution in [0.3, 0.4) is 0 Å². The summed E-state index contributed by atoms with van der Waals surface area (Å²) in [5.74, 6) is 1.73. The predicted octanol–water partition coefficient (Wildman–Crippen LogP) is 2.02. The highest BCUT2D eigenvalue weighted by atomic mass is 16.5. The summed E-state index contributed by atoms with van der Waals surface area (Å²) < 4.78 is 7.22. The Labute approximate surface area is 119 Å². The first-order chi connectivity index (χ1) is 9.67. The molecule has 6 nitrogen and oxygen atoms in total. The van der Waals surface area contributed by atoms with Crippen LogP contribution < -0.4 is 10.2 Å². The molecular formula is C14H23N5O. The van der Waals surface area contributed by atoms with Gasteiger partial charge in [-0.2, -0.15) is 0 Å². The second-order valence-corrected chi connectivity index (χ2v) is 4.95. The fourth-order valence-electron chi connectivity index (χ4n) is 2.05. The van der Waals surface area contributed by atoms with Gasteiger partial charge in [0.1, 0.15) is 5.82 Å². The zero-order valence-corrected chi connectivity index (χ0v) is 12.6. The van der Waals surface area contributed by atoms with Crippen LogP contribution in [-0.4, -0.2) is 47.7 Å². The molecule has 0 aliphatic rings. The summed E-state index contributed by atoms with van der Waals surface area (Å²) in [6.07, 6.45) is 6.76. The lowest BCUT2D eigenvalue weighted by atomic mass is 10.3. The van der Waals surface area contributed by atoms with Crippen LogP contribution in [0, 0.1) is 0 Å². The summed E-state index contributed by atoms with van der Waals surface area (Å²) in [6, 6.07) is 0.231. The van der Waals surface area contributed by atoms with Crippen LogP contribution >= 0.6 is 0 Å². The average molecular weight is 277 g/mol. The Bertz CT molecular complexity index is 553. The van der Waals surface area contributed by atoms with Crippen molar-refractivity contribution >= 4 is 17.3 Å². The van der Waals surface area contributed by atoms with Gasteiger partial charge in [0, 0.05) is 33.1 Å². The van der Waals surface area contributed by atoms with E-state index in [1.54, 1.807) is 13.3 Å². The van der Waals surface area contributed by atoms with E-state index in [2.05, 4.69) is 34.0 Å². The van der Waals surface area contributed by atoms with E-state index in [4.69, 9.17) is 4.74 Å². The summed E-state index contributed by atoms with van der Waals surface area (Å²) in [5, 5.41) is 3.32. The molecule has 6 heteroatoms. The lowest BCUT2D eigenvalue weighted by Crippen LogP contribution is -2.33. The quantitative estimate of drug-likeness (QED) is 0.839. The third-order valence-corrected chi connectivity index (χ3v) is 3.32. The van der Waals surface area contributed by atoms with Gasteiger partial charge in [-0.05, 0) is 13.3 Å². The minimum Gasteiger partial charge on any atom is -0.383 e. The molecule has 0 saturated carbocycles. The van der Waals surface area contributed by atoms with E-state index in [0.29, 0.717) is 6.61 Å². The van der Waals surface area contributed by atoms with Gasteiger partial charge in [0.15, 0.2) is 11.5 Å². The fraction of sp³-hybridized carbons (Fsp3) is 0.571. The highest BCUT2D eigenvalue weighted by molar-refractivity contribution is 5.66. The molecule has 0 spiro atoms. The van der Waals surface area contributed by atoms with E-state index in [1.807, 2.05) is 23.8 Å². The lowest BCUT2D eigenvalue weighted by Gasteiger charge is -2.26. The lowest BCUT2D eigenvalue weighted by molar-refractivity contribution is 0.183. The molecule has 0 amide bonds. The van der Waals surface area contributed by atoms with E-state index in [0.717, 1.165) is 30.2 Å². The summed E-state index contributed by atoms with van der Waals surface area (Å²) in [5.41, 5.74) is 0.859. The van der Waals surface area contributed by atoms with Crippen molar-refractivity contribution in [3.63, 3.8) is 0 Å². The highest BCUT2D eigenvalue weighted by Crippen LogP contribution is 2.21. The van der Waals surface area contributed by atoms with Gasteiger partial charge in [-0.25, -0.2) is 9.97 Å². The number of likely N-dealkylation sites (N-methyl/N-ethyl adjacent to an activating group) is 1. The van der Waals surface area contributed by atoms with Gasteiger partial charge >= 0.3 is 0 Å². The van der Waals surface area contributed by atoms with Crippen molar-refractivity contribution in [1.29, 1.82) is 0 Å². The smallest absolute Gasteiger partial charge is 0.180 e. The molecule has 0 aliphatic heterocycles. The number of methoxy groups -OCH3 is 1. The first-order valence-corrected chi connectivity index (χ1v) is 6.96. The molecule has 0 fully saturated rings. The maximum absolute atomic E-state index is 5.22. The normalized spacial score (nSPS) is 12.6. The number of hydrogen-bond donors (Lipinski definition) is 1. The van der Waals surface area contributed by atoms with Gasteiger partial charge in [0.05, 0.1) is 18.8 Å². The third-order valence-electron chi connectivity index (χ3n) is 3.32. The number of nitrogens with one attached hydrogen (secondary N) is 1. The standard InChI is InChI=1S/C14H23N5O/c1-5-6-15-12-9-19-8-7-16-13(19)14(17-12)18(3)11(2)10-20-4/h7-9,11,15H,5-6,10H2,1-4H3. The molecule has 0 bridgehead atoms. The molecule has 1 atom stereocenters. The number of fused-ring (bicyclic) bond motifs is 1. The van der Waals surface area contributed by atoms with Crippen molar-refractivity contribution in [1.82, 2.24) is 14.4 Å². The first kappa shape index (κ1) is 14.6. The molecule has 0 saturated heterocycles. The van der Waals surface area contributed by atoms with Crippen LogP contribution in [0.4, 0.5) is 11.6 Å². The number of hydrogen-bond acceptors (Lipinski definition) is 5. The zero-order chi connectivity index (χ0) is 14.5. The molecule has 0 aliphatic carbocycles. The van der Waals surface area contributed by atoms with Crippen LogP contribution in [0.5, 0.6) is 0 Å². The molecule has 1 unspecified atom stereocenters. The maximum atomic E-state index is 5.22. The summed E-state index contributed by atoms with van der Waals surface area (Å²) in [6.45, 7) is 5.80. The van der Waals surface area contributed by atoms with Gasteiger partial charge < -0.3 is 19.4 Å². The molecule has 2 rings (SSSR count). The topological polar surface area (TPSA) is 54.7 Å². The molecule has 2 heterocycles. The van der Waals surface area contributed by atoms with E-state index >= 15 is 0 Å². The van der Waals surface area contributed by atoms with Crippen molar-refractivity contribution in [2.24, 2.45) is 0 Å². The Balaban J connectivity index is 2.36. The first-order valence-electron chi connectivity index (χ1n) is 6.96. The SMILES string of the molecule is CCCNc1cn2ccnc2c(N(C)C(C)COC)n1. The Hall–Kier alpha value is -1.82. The monoisotopic (exact) mass is 277 g/mol. The van der Waals surface area contributed by atoms with Gasteiger partial charge in [0.25, 0.3) is 0 Å². The number of anilines is 2. The molecule has 1 N–H and O–H groups in total. The summed E-state index contributed by atoms with van der Waals surface area (Å²) >= 11 is 0. The Morgan fingerprint density at radius 3 is 3.00 bits per heavy atom. The number of rotatable bonds is 7. The van der Waals surface area contributed by atoms with Crippen molar-refractivity contribution in [2.75, 3.05) is 37.5 Å². The van der Waals surface area contributed by atoms with Gasteiger partial charge in [-0.3, -0.25) is 0 Å². The highest BCUT2D eigenvalue weighted by Gasteiger charge is 2.16. The second-order valence-electron chi connectivity index (χ2n) is 4.95. The van der Waals surface area contributed by atoms with E-state index < -0.39 is 0 Å². The third kappa shape index (κ3) is 3.01. The Kier molecular flexibility index (Phi) is 4.79. The Morgan fingerprint density at radius 1 is 1.50 bits per heavy atom. The van der Waals surface area contributed by atoms with Crippen LogP contribution in [0.25, 0.3) is 5.65 Å². The van der Waals surface area contributed by atoms with Gasteiger partial charge in [-0.15, -0.1) is 0 Å². The number of aromatic nitrogens is 3. The van der Waals surface area contributed by atoms with Crippen molar-refractivity contribution < 1.29 is 4.74 Å². The van der Waals surface area contributed by atoms with Crippen LogP contribution in [0.15, 0.2) is 18.6 Å². The predicted molar refractivity (Wildman–Crippen MR) is 81.5 cm³/mol. The van der Waals surface area contributed by atoms with Crippen molar-refractivity contribution in [3.05, 3.63) is 18.6 Å². The fourth-order valence-corrected chi connectivity index (χ4v) is 2.05. The largest absolute Gasteiger partial charge is 0.383 e. The molecule has 0 radical (unpaired) electrons. The van der Waals surface area contributed by atoms with Crippen LogP contribution in [0.1, 0.15) is 20.3 Å². The molecule has 110 valence electrons. The van der Waals surface area contributed by atoms with Gasteiger partial charge in [-0.1, -0.05) is 6.92 Å². The summed E-state index contributed by atoms with van der Waals surface area (Å²) in [7, 11) is 3.73. The minimum atomic E-state index is 0.231. The number of ether oxygens (including phenoxy) is 1. The molecular weight excluding hydrogens is 254 g/mol. The van der Waals surface area contributed by atoms with Crippen LogP contribution in [0.2, 0.25) is 0 Å². The molecule has 0 aromatic carbocycles. The summed E-state index contributed by atoms with van der Waals surface area (Å²) in [4.78, 5) is 11.2. The van der Waals surface area contributed by atoms with E-state index in [-0.39, 0.29) is 6.04 Å². The maximum Gasteiger partial charge on any atom is 0.180 e. The Morgan fingerprint density at radius 2 is 2.30 bits per heavy atom. The average Bonchev–Trinajstić information content (AvgIpc) is 2.91. The second kappa shape index (κ2) is 6.56. The van der Waals surface area contributed by atoms with E-state index in [1.165, 1.54) is 0 Å². The molecule has 2 aromatic rings. The van der Waals surface area contributed by atoms with Crippen molar-refractivity contribution in [3.8, 4) is 0 Å². The minimum absolute atomic E-state index is 0.231. The molecule has 2 aromatic heterocycles. The number of nitrogens with zero attached hydrogens (tertiary/aromatic N) is 4. The number of imidazole rings is 1. The molecule has 20 heavy (non-hydrogen) atoms. The van der Waals surface area contributed by atoms with E-state index in [9.17, 15) is 0 Å².